The van der Waals surface area contributed by atoms with Crippen molar-refractivity contribution in [3.63, 3.8) is 0 Å². The smallest absolute Gasteiger partial charge is 0.320 e. The molecule has 1 unspecified atom stereocenters. The second kappa shape index (κ2) is 6.89. The molecule has 0 amide bonds. The molecule has 1 atom stereocenters. The number of rotatable bonds is 5. The van der Waals surface area contributed by atoms with Crippen molar-refractivity contribution in [2.45, 2.75) is 70.9 Å². The van der Waals surface area contributed by atoms with Crippen molar-refractivity contribution in [1.29, 1.82) is 0 Å². The summed E-state index contributed by atoms with van der Waals surface area (Å²) >= 11 is 0. The number of carbonyl (C=O) groups is 1. The van der Waals surface area contributed by atoms with E-state index < -0.39 is 5.97 Å². The maximum atomic E-state index is 11.1. The molecular formula is C13H25NO2. The van der Waals surface area contributed by atoms with Crippen LogP contribution >= 0.6 is 0 Å². The summed E-state index contributed by atoms with van der Waals surface area (Å²) in [4.78, 5) is 11.1. The topological polar surface area (TPSA) is 49.3 Å². The molecule has 1 aliphatic carbocycles. The number of hydrogen-bond donors (Lipinski definition) is 2. The van der Waals surface area contributed by atoms with Gasteiger partial charge in [0.25, 0.3) is 0 Å². The van der Waals surface area contributed by atoms with Gasteiger partial charge in [-0.3, -0.25) is 4.79 Å². The third kappa shape index (κ3) is 4.97. The molecule has 1 rings (SSSR count). The van der Waals surface area contributed by atoms with Gasteiger partial charge in [-0.05, 0) is 25.2 Å². The molecule has 1 fully saturated rings. The van der Waals surface area contributed by atoms with E-state index in [-0.39, 0.29) is 6.04 Å². The standard InChI is InChI=1S/C13H25NO2/c1-10(2)9-12(13(15)16)14-11-7-5-3-4-6-8-11/h10-12,14H,3-9H2,1-2H3,(H,15,16). The number of hydrogen-bond acceptors (Lipinski definition) is 2. The van der Waals surface area contributed by atoms with Gasteiger partial charge in [0, 0.05) is 6.04 Å². The Kier molecular flexibility index (Phi) is 5.81. The summed E-state index contributed by atoms with van der Waals surface area (Å²) in [6.45, 7) is 4.15. The molecule has 0 heterocycles. The van der Waals surface area contributed by atoms with Gasteiger partial charge < -0.3 is 10.4 Å². The van der Waals surface area contributed by atoms with E-state index in [2.05, 4.69) is 19.2 Å². The van der Waals surface area contributed by atoms with Gasteiger partial charge in [-0.15, -0.1) is 0 Å². The van der Waals surface area contributed by atoms with Crippen molar-refractivity contribution in [2.24, 2.45) is 5.92 Å². The van der Waals surface area contributed by atoms with Crippen molar-refractivity contribution in [1.82, 2.24) is 5.32 Å². The van der Waals surface area contributed by atoms with Gasteiger partial charge in [0.15, 0.2) is 0 Å². The van der Waals surface area contributed by atoms with Crippen LogP contribution in [0, 0.1) is 5.92 Å². The van der Waals surface area contributed by atoms with Gasteiger partial charge in [0.05, 0.1) is 0 Å². The zero-order chi connectivity index (χ0) is 12.0. The molecule has 3 nitrogen and oxygen atoms in total. The SMILES string of the molecule is CC(C)CC(NC1CCCCCC1)C(=O)O. The van der Waals surface area contributed by atoms with E-state index in [0.717, 1.165) is 19.3 Å². The monoisotopic (exact) mass is 227 g/mol. The van der Waals surface area contributed by atoms with Crippen molar-refractivity contribution in [2.75, 3.05) is 0 Å². The largest absolute Gasteiger partial charge is 0.480 e. The molecular weight excluding hydrogens is 202 g/mol. The lowest BCUT2D eigenvalue weighted by Crippen LogP contribution is -2.43. The maximum Gasteiger partial charge on any atom is 0.320 e. The average Bonchev–Trinajstić information content (AvgIpc) is 2.44. The van der Waals surface area contributed by atoms with Crippen LogP contribution in [0.5, 0.6) is 0 Å². The van der Waals surface area contributed by atoms with Crippen molar-refractivity contribution < 1.29 is 9.90 Å². The zero-order valence-corrected chi connectivity index (χ0v) is 10.5. The Morgan fingerprint density at radius 1 is 1.25 bits per heavy atom. The average molecular weight is 227 g/mol. The van der Waals surface area contributed by atoms with Crippen molar-refractivity contribution in [3.8, 4) is 0 Å². The van der Waals surface area contributed by atoms with Gasteiger partial charge in [-0.25, -0.2) is 0 Å². The van der Waals surface area contributed by atoms with E-state index in [9.17, 15) is 4.79 Å². The van der Waals surface area contributed by atoms with Crippen LogP contribution in [0.25, 0.3) is 0 Å². The first-order valence-electron chi connectivity index (χ1n) is 6.58. The van der Waals surface area contributed by atoms with E-state index in [1.807, 2.05) is 0 Å². The first-order chi connectivity index (χ1) is 7.59. The normalized spacial score (nSPS) is 20.7. The van der Waals surface area contributed by atoms with Gasteiger partial charge >= 0.3 is 5.97 Å². The number of carboxylic acid groups (broad SMARTS) is 1. The maximum absolute atomic E-state index is 11.1. The van der Waals surface area contributed by atoms with Crippen LogP contribution in [0.4, 0.5) is 0 Å². The van der Waals surface area contributed by atoms with Crippen molar-refractivity contribution in [3.05, 3.63) is 0 Å². The highest BCUT2D eigenvalue weighted by atomic mass is 16.4. The van der Waals surface area contributed by atoms with Crippen LogP contribution in [0.3, 0.4) is 0 Å². The van der Waals surface area contributed by atoms with E-state index in [1.165, 1.54) is 25.7 Å². The molecule has 0 aromatic rings. The highest BCUT2D eigenvalue weighted by molar-refractivity contribution is 5.73. The van der Waals surface area contributed by atoms with Gasteiger partial charge in [0.2, 0.25) is 0 Å². The predicted octanol–water partition coefficient (Wildman–Crippen LogP) is 2.80. The molecule has 0 aliphatic heterocycles. The number of aliphatic carboxylic acids is 1. The van der Waals surface area contributed by atoms with Crippen LogP contribution in [0.2, 0.25) is 0 Å². The molecule has 0 saturated heterocycles. The van der Waals surface area contributed by atoms with Crippen LogP contribution in [-0.4, -0.2) is 23.2 Å². The summed E-state index contributed by atoms with van der Waals surface area (Å²) in [5.41, 5.74) is 0. The van der Waals surface area contributed by atoms with Crippen LogP contribution in [0.15, 0.2) is 0 Å². The lowest BCUT2D eigenvalue weighted by molar-refractivity contribution is -0.140. The number of carboxylic acids is 1. The third-order valence-electron chi connectivity index (χ3n) is 3.30. The lowest BCUT2D eigenvalue weighted by Gasteiger charge is -2.23. The van der Waals surface area contributed by atoms with E-state index in [4.69, 9.17) is 5.11 Å². The molecule has 0 spiro atoms. The Morgan fingerprint density at radius 2 is 1.81 bits per heavy atom. The lowest BCUT2D eigenvalue weighted by atomic mass is 10.0. The highest BCUT2D eigenvalue weighted by Gasteiger charge is 2.22. The Balaban J connectivity index is 2.42. The third-order valence-corrected chi connectivity index (χ3v) is 3.30. The molecule has 16 heavy (non-hydrogen) atoms. The summed E-state index contributed by atoms with van der Waals surface area (Å²) in [6, 6.07) is 0.0606. The first kappa shape index (κ1) is 13.5. The van der Waals surface area contributed by atoms with E-state index >= 15 is 0 Å². The Labute approximate surface area is 98.6 Å². The molecule has 0 bridgehead atoms. The van der Waals surface area contributed by atoms with Crippen LogP contribution in [0.1, 0.15) is 58.8 Å². The Morgan fingerprint density at radius 3 is 2.25 bits per heavy atom. The fourth-order valence-corrected chi connectivity index (χ4v) is 2.44. The Bertz CT molecular complexity index is 208. The summed E-state index contributed by atoms with van der Waals surface area (Å²) < 4.78 is 0. The minimum absolute atomic E-state index is 0.358. The molecule has 1 saturated carbocycles. The summed E-state index contributed by atoms with van der Waals surface area (Å²) in [7, 11) is 0. The second-order valence-electron chi connectivity index (χ2n) is 5.38. The van der Waals surface area contributed by atoms with Gasteiger partial charge in [-0.2, -0.15) is 0 Å². The second-order valence-corrected chi connectivity index (χ2v) is 5.38. The molecule has 1 aliphatic rings. The van der Waals surface area contributed by atoms with E-state index in [1.54, 1.807) is 0 Å². The zero-order valence-electron chi connectivity index (χ0n) is 10.5. The fraction of sp³-hybridized carbons (Fsp3) is 0.923. The van der Waals surface area contributed by atoms with Crippen LogP contribution in [-0.2, 0) is 4.79 Å². The quantitative estimate of drug-likeness (QED) is 0.710. The van der Waals surface area contributed by atoms with Crippen LogP contribution < -0.4 is 5.32 Å². The minimum atomic E-state index is -0.696. The highest BCUT2D eigenvalue weighted by Crippen LogP contribution is 2.18. The minimum Gasteiger partial charge on any atom is -0.480 e. The molecule has 0 aromatic carbocycles. The first-order valence-corrected chi connectivity index (χ1v) is 6.58. The van der Waals surface area contributed by atoms with Gasteiger partial charge in [-0.1, -0.05) is 39.5 Å². The molecule has 2 N–H and O–H groups in total. The Hall–Kier alpha value is -0.570. The number of nitrogens with one attached hydrogen (secondary N) is 1. The van der Waals surface area contributed by atoms with Gasteiger partial charge in [0.1, 0.15) is 6.04 Å². The predicted molar refractivity (Wildman–Crippen MR) is 65.5 cm³/mol. The molecule has 0 radical (unpaired) electrons. The summed E-state index contributed by atoms with van der Waals surface area (Å²) in [5, 5.41) is 12.5. The van der Waals surface area contributed by atoms with Crippen molar-refractivity contribution >= 4 is 5.97 Å². The van der Waals surface area contributed by atoms with E-state index in [0.29, 0.717) is 12.0 Å². The summed E-state index contributed by atoms with van der Waals surface area (Å²) in [6.07, 6.45) is 8.10. The molecule has 3 heteroatoms. The summed E-state index contributed by atoms with van der Waals surface area (Å²) in [5.74, 6) is -0.266. The molecule has 94 valence electrons. The molecule has 0 aromatic heterocycles. The fourth-order valence-electron chi connectivity index (χ4n) is 2.44.